The Morgan fingerprint density at radius 2 is 1.68 bits per heavy atom. The van der Waals surface area contributed by atoms with Gasteiger partial charge in [0.05, 0.1) is 13.0 Å². The SMILES string of the molecule is CCCCc1ccc(CC(=O)OCC(=O)NCC(=O)NC(C)C)cc1. The van der Waals surface area contributed by atoms with E-state index in [0.29, 0.717) is 0 Å². The number of aryl methyl sites for hydroxylation is 1. The smallest absolute Gasteiger partial charge is 0.310 e. The molecule has 6 nitrogen and oxygen atoms in total. The highest BCUT2D eigenvalue weighted by Gasteiger charge is 2.10. The lowest BCUT2D eigenvalue weighted by molar-refractivity contribution is -0.147. The van der Waals surface area contributed by atoms with Crippen molar-refractivity contribution in [3.63, 3.8) is 0 Å². The average molecular weight is 348 g/mol. The first-order valence-corrected chi connectivity index (χ1v) is 8.70. The van der Waals surface area contributed by atoms with Crippen molar-refractivity contribution < 1.29 is 19.1 Å². The van der Waals surface area contributed by atoms with Crippen LogP contribution < -0.4 is 10.6 Å². The molecule has 0 atom stereocenters. The topological polar surface area (TPSA) is 84.5 Å². The fourth-order valence-electron chi connectivity index (χ4n) is 2.17. The van der Waals surface area contributed by atoms with Crippen LogP contribution in [0.4, 0.5) is 0 Å². The molecular weight excluding hydrogens is 320 g/mol. The maximum atomic E-state index is 11.8. The normalized spacial score (nSPS) is 10.4. The Morgan fingerprint density at radius 1 is 1.04 bits per heavy atom. The monoisotopic (exact) mass is 348 g/mol. The van der Waals surface area contributed by atoms with Crippen LogP contribution in [-0.4, -0.2) is 37.0 Å². The van der Waals surface area contributed by atoms with Gasteiger partial charge in [0.1, 0.15) is 0 Å². The molecule has 0 fully saturated rings. The van der Waals surface area contributed by atoms with E-state index in [-0.39, 0.29) is 31.5 Å². The summed E-state index contributed by atoms with van der Waals surface area (Å²) in [6.07, 6.45) is 3.45. The molecule has 0 heterocycles. The van der Waals surface area contributed by atoms with Gasteiger partial charge in [-0.15, -0.1) is 0 Å². The Labute approximate surface area is 149 Å². The summed E-state index contributed by atoms with van der Waals surface area (Å²) in [5.41, 5.74) is 2.10. The number of esters is 1. The highest BCUT2D eigenvalue weighted by molar-refractivity contribution is 5.86. The maximum absolute atomic E-state index is 11.8. The lowest BCUT2D eigenvalue weighted by atomic mass is 10.1. The molecule has 1 aromatic carbocycles. The number of ether oxygens (including phenoxy) is 1. The molecule has 0 spiro atoms. The fraction of sp³-hybridized carbons (Fsp3) is 0.526. The van der Waals surface area contributed by atoms with Crippen molar-refractivity contribution in [1.82, 2.24) is 10.6 Å². The zero-order chi connectivity index (χ0) is 18.7. The van der Waals surface area contributed by atoms with E-state index in [1.165, 1.54) is 5.56 Å². The van der Waals surface area contributed by atoms with Gasteiger partial charge in [-0.05, 0) is 37.8 Å². The van der Waals surface area contributed by atoms with Crippen LogP contribution in [0.1, 0.15) is 44.7 Å². The first-order valence-electron chi connectivity index (χ1n) is 8.70. The lowest BCUT2D eigenvalue weighted by Gasteiger charge is -2.09. The van der Waals surface area contributed by atoms with E-state index in [2.05, 4.69) is 17.6 Å². The van der Waals surface area contributed by atoms with Gasteiger partial charge < -0.3 is 15.4 Å². The van der Waals surface area contributed by atoms with E-state index in [0.717, 1.165) is 24.8 Å². The van der Waals surface area contributed by atoms with Gasteiger partial charge in [0.25, 0.3) is 5.91 Å². The fourth-order valence-corrected chi connectivity index (χ4v) is 2.17. The van der Waals surface area contributed by atoms with Crippen LogP contribution in [-0.2, 0) is 32.0 Å². The van der Waals surface area contributed by atoms with E-state index in [4.69, 9.17) is 4.74 Å². The van der Waals surface area contributed by atoms with Crippen LogP contribution in [0.25, 0.3) is 0 Å². The number of hydrogen-bond acceptors (Lipinski definition) is 4. The van der Waals surface area contributed by atoms with Crippen LogP contribution in [0.2, 0.25) is 0 Å². The summed E-state index contributed by atoms with van der Waals surface area (Å²) in [6, 6.07) is 7.84. The number of nitrogens with one attached hydrogen (secondary N) is 2. The zero-order valence-electron chi connectivity index (χ0n) is 15.3. The second-order valence-corrected chi connectivity index (χ2v) is 6.26. The van der Waals surface area contributed by atoms with Gasteiger partial charge >= 0.3 is 5.97 Å². The van der Waals surface area contributed by atoms with Crippen LogP contribution >= 0.6 is 0 Å². The molecule has 0 aliphatic heterocycles. The van der Waals surface area contributed by atoms with Gasteiger partial charge in [-0.1, -0.05) is 37.6 Å². The standard InChI is InChI=1S/C19H28N2O4/c1-4-5-6-15-7-9-16(10-8-15)11-19(24)25-13-18(23)20-12-17(22)21-14(2)3/h7-10,14H,4-6,11-13H2,1-3H3,(H,20,23)(H,21,22). The molecule has 0 aromatic heterocycles. The Morgan fingerprint density at radius 3 is 2.28 bits per heavy atom. The number of unbranched alkanes of at least 4 members (excludes halogenated alkanes) is 1. The number of benzene rings is 1. The summed E-state index contributed by atoms with van der Waals surface area (Å²) in [4.78, 5) is 34.7. The molecule has 0 aliphatic rings. The van der Waals surface area contributed by atoms with Crippen molar-refractivity contribution >= 4 is 17.8 Å². The first kappa shape index (κ1) is 20.7. The largest absolute Gasteiger partial charge is 0.455 e. The van der Waals surface area contributed by atoms with Gasteiger partial charge in [-0.2, -0.15) is 0 Å². The van der Waals surface area contributed by atoms with Gasteiger partial charge in [-0.25, -0.2) is 0 Å². The molecule has 138 valence electrons. The summed E-state index contributed by atoms with van der Waals surface area (Å²) in [5.74, 6) is -1.25. The van der Waals surface area contributed by atoms with Crippen LogP contribution in [0.15, 0.2) is 24.3 Å². The quantitative estimate of drug-likeness (QED) is 0.631. The van der Waals surface area contributed by atoms with Gasteiger partial charge in [0.2, 0.25) is 5.91 Å². The molecule has 0 radical (unpaired) electrons. The zero-order valence-corrected chi connectivity index (χ0v) is 15.3. The summed E-state index contributed by atoms with van der Waals surface area (Å²) in [7, 11) is 0. The molecule has 1 aromatic rings. The third-order valence-corrected chi connectivity index (χ3v) is 3.45. The summed E-state index contributed by atoms with van der Waals surface area (Å²) < 4.78 is 4.93. The van der Waals surface area contributed by atoms with Crippen molar-refractivity contribution in [3.8, 4) is 0 Å². The third-order valence-electron chi connectivity index (χ3n) is 3.45. The average Bonchev–Trinajstić information content (AvgIpc) is 2.57. The minimum absolute atomic E-state index is 0.00981. The summed E-state index contributed by atoms with van der Waals surface area (Å²) >= 11 is 0. The number of carbonyl (C=O) groups is 3. The lowest BCUT2D eigenvalue weighted by Crippen LogP contribution is -2.41. The first-order chi connectivity index (χ1) is 11.9. The van der Waals surface area contributed by atoms with E-state index < -0.39 is 11.9 Å². The molecule has 1 rings (SSSR count). The summed E-state index contributed by atoms with van der Waals surface area (Å²) in [6.45, 7) is 5.29. The van der Waals surface area contributed by atoms with Crippen LogP contribution in [0.3, 0.4) is 0 Å². The highest BCUT2D eigenvalue weighted by Crippen LogP contribution is 2.09. The second kappa shape index (κ2) is 11.2. The number of amides is 2. The molecule has 0 unspecified atom stereocenters. The van der Waals surface area contributed by atoms with Crippen molar-refractivity contribution in [3.05, 3.63) is 35.4 Å². The maximum Gasteiger partial charge on any atom is 0.310 e. The van der Waals surface area contributed by atoms with Crippen molar-refractivity contribution in [2.45, 2.75) is 52.5 Å². The Balaban J connectivity index is 2.27. The van der Waals surface area contributed by atoms with E-state index in [1.807, 2.05) is 38.1 Å². The van der Waals surface area contributed by atoms with E-state index >= 15 is 0 Å². The highest BCUT2D eigenvalue weighted by atomic mass is 16.5. The van der Waals surface area contributed by atoms with Crippen molar-refractivity contribution in [2.75, 3.05) is 13.2 Å². The van der Waals surface area contributed by atoms with Gasteiger partial charge in [0, 0.05) is 6.04 Å². The Kier molecular flexibility index (Phi) is 9.29. The molecule has 0 aliphatic carbocycles. The van der Waals surface area contributed by atoms with Gasteiger partial charge in [0.15, 0.2) is 6.61 Å². The second-order valence-electron chi connectivity index (χ2n) is 6.26. The molecule has 0 saturated carbocycles. The number of hydrogen-bond donors (Lipinski definition) is 2. The number of rotatable bonds is 10. The molecule has 2 amide bonds. The molecule has 2 N–H and O–H groups in total. The Bertz CT molecular complexity index is 567. The number of carbonyl (C=O) groups excluding carboxylic acids is 3. The van der Waals surface area contributed by atoms with E-state index in [9.17, 15) is 14.4 Å². The summed E-state index contributed by atoms with van der Waals surface area (Å²) in [5, 5.41) is 5.06. The van der Waals surface area contributed by atoms with Gasteiger partial charge in [-0.3, -0.25) is 14.4 Å². The molecule has 0 saturated heterocycles. The van der Waals surface area contributed by atoms with Crippen molar-refractivity contribution in [1.29, 1.82) is 0 Å². The predicted molar refractivity (Wildman–Crippen MR) is 96.0 cm³/mol. The molecular formula is C19H28N2O4. The third kappa shape index (κ3) is 9.49. The molecule has 25 heavy (non-hydrogen) atoms. The Hall–Kier alpha value is -2.37. The minimum Gasteiger partial charge on any atom is -0.455 e. The predicted octanol–water partition coefficient (Wildman–Crippen LogP) is 1.76. The van der Waals surface area contributed by atoms with E-state index in [1.54, 1.807) is 0 Å². The molecule has 0 bridgehead atoms. The van der Waals surface area contributed by atoms with Crippen molar-refractivity contribution in [2.24, 2.45) is 0 Å². The van der Waals surface area contributed by atoms with Crippen LogP contribution in [0.5, 0.6) is 0 Å². The van der Waals surface area contributed by atoms with Crippen LogP contribution in [0, 0.1) is 0 Å². The minimum atomic E-state index is -0.498. The molecule has 6 heteroatoms.